The van der Waals surface area contributed by atoms with Crippen molar-refractivity contribution in [2.24, 2.45) is 5.73 Å². The number of ether oxygens (including phenoxy) is 1. The Morgan fingerprint density at radius 2 is 2.16 bits per heavy atom. The summed E-state index contributed by atoms with van der Waals surface area (Å²) in [5.74, 6) is -0.330. The average molecular weight is 463 g/mol. The second kappa shape index (κ2) is 8.78. The number of carbonyl (C=O) groups excluding carboxylic acids is 1. The molecule has 0 spiro atoms. The van der Waals surface area contributed by atoms with Gasteiger partial charge in [-0.05, 0) is 43.2 Å². The first-order chi connectivity index (χ1) is 14.9. The van der Waals surface area contributed by atoms with Crippen LogP contribution in [0.3, 0.4) is 0 Å². The fourth-order valence-electron chi connectivity index (χ4n) is 3.91. The number of nitrogens with two attached hydrogens (primary N) is 1. The number of hydrogen-bond donors (Lipinski definition) is 2. The maximum Gasteiger partial charge on any atom is 0.405 e. The molecule has 1 amide bonds. The summed E-state index contributed by atoms with van der Waals surface area (Å²) < 4.78 is 19.2. The van der Waals surface area contributed by atoms with Gasteiger partial charge in [-0.3, -0.25) is 4.98 Å². The summed E-state index contributed by atoms with van der Waals surface area (Å²) in [5.41, 5.74) is 7.60. The van der Waals surface area contributed by atoms with Crippen LogP contribution in [0.2, 0.25) is 4.47 Å². The van der Waals surface area contributed by atoms with E-state index in [2.05, 4.69) is 9.97 Å². The van der Waals surface area contributed by atoms with Crippen molar-refractivity contribution in [3.8, 4) is 11.3 Å². The Hall–Kier alpha value is -2.75. The van der Waals surface area contributed by atoms with Crippen LogP contribution in [0, 0.1) is 5.82 Å². The van der Waals surface area contributed by atoms with Gasteiger partial charge in [0, 0.05) is 23.1 Å². The van der Waals surface area contributed by atoms with Crippen molar-refractivity contribution in [1.29, 1.82) is 0 Å². The number of anilines is 1. The molecule has 31 heavy (non-hydrogen) atoms. The van der Waals surface area contributed by atoms with Gasteiger partial charge in [0.1, 0.15) is 5.82 Å². The van der Waals surface area contributed by atoms with Crippen molar-refractivity contribution in [3.63, 3.8) is 0 Å². The van der Waals surface area contributed by atoms with Crippen molar-refractivity contribution in [3.05, 3.63) is 63.5 Å². The van der Waals surface area contributed by atoms with Crippen LogP contribution in [-0.4, -0.2) is 34.3 Å². The number of rotatable bonds is 5. The number of piperidine rings is 1. The summed E-state index contributed by atoms with van der Waals surface area (Å²) >= 11 is 7.27. The molecular weight excluding hydrogens is 443 g/mol. The lowest BCUT2D eigenvalue weighted by Gasteiger charge is -2.42. The van der Waals surface area contributed by atoms with E-state index in [4.69, 9.17) is 22.1 Å². The number of amides is 1. The molecule has 7 nitrogen and oxygen atoms in total. The third-order valence-electron chi connectivity index (χ3n) is 5.31. The highest BCUT2D eigenvalue weighted by molar-refractivity contribution is 7.14. The maximum atomic E-state index is 13.2. The molecule has 3 N–H and O–H groups in total. The van der Waals surface area contributed by atoms with Gasteiger partial charge in [0.05, 0.1) is 36.4 Å². The number of halogens is 2. The summed E-state index contributed by atoms with van der Waals surface area (Å²) in [6, 6.07) is 7.77. The van der Waals surface area contributed by atoms with Crippen LogP contribution in [0.15, 0.2) is 41.9 Å². The number of pyridine rings is 1. The highest BCUT2D eigenvalue weighted by Crippen LogP contribution is 2.39. The first-order valence-corrected chi connectivity index (χ1v) is 10.9. The first kappa shape index (κ1) is 21.5. The Labute approximate surface area is 187 Å². The van der Waals surface area contributed by atoms with Crippen molar-refractivity contribution < 1.29 is 19.0 Å². The molecule has 0 radical (unpaired) electrons. The predicted molar refractivity (Wildman–Crippen MR) is 116 cm³/mol. The standard InChI is InChI=1S/C21H20ClFN4O3S/c22-19-26-18(11-31-19)21(30-20(24)29)6-1-7-27(12-21)17-9-25-16(8-14(17)10-28)13-2-4-15(23)5-3-13/h2-5,8-9,11,28H,1,6-7,10,12H2,(H2,24,29). The fourth-order valence-corrected chi connectivity index (χ4v) is 4.76. The monoisotopic (exact) mass is 462 g/mol. The zero-order valence-corrected chi connectivity index (χ0v) is 18.0. The topological polar surface area (TPSA) is 102 Å². The Kier molecular flexibility index (Phi) is 6.08. The minimum Gasteiger partial charge on any atom is -0.435 e. The number of aliphatic hydroxyl groups excluding tert-OH is 1. The minimum absolute atomic E-state index is 0.214. The van der Waals surface area contributed by atoms with Gasteiger partial charge in [-0.1, -0.05) is 11.6 Å². The van der Waals surface area contributed by atoms with Crippen LogP contribution >= 0.6 is 22.9 Å². The molecule has 1 unspecified atom stereocenters. The minimum atomic E-state index is -1.05. The lowest BCUT2D eigenvalue weighted by molar-refractivity contribution is -0.00126. The van der Waals surface area contributed by atoms with Gasteiger partial charge in [-0.15, -0.1) is 11.3 Å². The number of aromatic nitrogens is 2. The molecule has 1 saturated heterocycles. The van der Waals surface area contributed by atoms with Gasteiger partial charge in [0.2, 0.25) is 0 Å². The van der Waals surface area contributed by atoms with Crippen LogP contribution in [0.5, 0.6) is 0 Å². The summed E-state index contributed by atoms with van der Waals surface area (Å²) in [7, 11) is 0. The number of hydrogen-bond acceptors (Lipinski definition) is 7. The number of benzene rings is 1. The molecule has 1 aliphatic rings. The van der Waals surface area contributed by atoms with E-state index in [1.165, 1.54) is 23.5 Å². The molecule has 0 saturated carbocycles. The molecule has 1 aliphatic heterocycles. The van der Waals surface area contributed by atoms with Gasteiger partial charge < -0.3 is 20.5 Å². The van der Waals surface area contributed by atoms with Crippen LogP contribution in [0.25, 0.3) is 11.3 Å². The molecule has 1 aromatic carbocycles. The number of primary amides is 1. The smallest absolute Gasteiger partial charge is 0.405 e. The van der Waals surface area contributed by atoms with Crippen molar-refractivity contribution >= 4 is 34.7 Å². The van der Waals surface area contributed by atoms with Crippen molar-refractivity contribution in [1.82, 2.24) is 9.97 Å². The van der Waals surface area contributed by atoms with Gasteiger partial charge in [0.25, 0.3) is 0 Å². The Bertz CT molecular complexity index is 1090. The van der Waals surface area contributed by atoms with E-state index >= 15 is 0 Å². The molecule has 1 fully saturated rings. The van der Waals surface area contributed by atoms with E-state index in [1.807, 2.05) is 4.90 Å². The second-order valence-electron chi connectivity index (χ2n) is 7.29. The molecule has 0 aliphatic carbocycles. The normalized spacial score (nSPS) is 18.7. The predicted octanol–water partition coefficient (Wildman–Crippen LogP) is 4.08. The van der Waals surface area contributed by atoms with Crippen LogP contribution in [0.1, 0.15) is 24.1 Å². The molecular formula is C21H20ClFN4O3S. The largest absolute Gasteiger partial charge is 0.435 e. The Morgan fingerprint density at radius 1 is 1.39 bits per heavy atom. The Balaban J connectivity index is 1.68. The molecule has 10 heteroatoms. The third-order valence-corrected chi connectivity index (χ3v) is 6.29. The number of carbonyl (C=O) groups is 1. The lowest BCUT2D eigenvalue weighted by atomic mass is 9.89. The zero-order valence-electron chi connectivity index (χ0n) is 16.4. The third kappa shape index (κ3) is 4.48. The van der Waals surface area contributed by atoms with Gasteiger partial charge in [-0.25, -0.2) is 14.2 Å². The van der Waals surface area contributed by atoms with E-state index in [0.717, 1.165) is 5.56 Å². The van der Waals surface area contributed by atoms with E-state index in [0.29, 0.717) is 53.0 Å². The number of thiazole rings is 1. The molecule has 2 aromatic heterocycles. The molecule has 1 atom stereocenters. The fraction of sp³-hybridized carbons (Fsp3) is 0.286. The summed E-state index contributed by atoms with van der Waals surface area (Å²) in [6.45, 7) is 0.752. The summed E-state index contributed by atoms with van der Waals surface area (Å²) in [6.07, 6.45) is 2.02. The van der Waals surface area contributed by atoms with Crippen LogP contribution in [-0.2, 0) is 16.9 Å². The molecule has 3 aromatic rings. The average Bonchev–Trinajstić information content (AvgIpc) is 3.20. The van der Waals surface area contributed by atoms with Crippen LogP contribution in [0.4, 0.5) is 14.9 Å². The molecule has 3 heterocycles. The molecule has 162 valence electrons. The molecule has 0 bridgehead atoms. The highest BCUT2D eigenvalue weighted by Gasteiger charge is 2.43. The van der Waals surface area contributed by atoms with E-state index in [1.54, 1.807) is 29.8 Å². The van der Waals surface area contributed by atoms with Crippen LogP contribution < -0.4 is 10.6 Å². The maximum absolute atomic E-state index is 13.2. The highest BCUT2D eigenvalue weighted by atomic mass is 35.5. The van der Waals surface area contributed by atoms with Gasteiger partial charge in [-0.2, -0.15) is 0 Å². The van der Waals surface area contributed by atoms with E-state index in [9.17, 15) is 14.3 Å². The Morgan fingerprint density at radius 3 is 2.81 bits per heavy atom. The number of nitrogens with zero attached hydrogens (tertiary/aromatic N) is 3. The second-order valence-corrected chi connectivity index (χ2v) is 8.73. The van der Waals surface area contributed by atoms with Crippen molar-refractivity contribution in [2.45, 2.75) is 25.0 Å². The zero-order chi connectivity index (χ0) is 22.0. The van der Waals surface area contributed by atoms with Crippen molar-refractivity contribution in [2.75, 3.05) is 18.0 Å². The SMILES string of the molecule is NC(=O)OC1(c2csc(Cl)n2)CCCN(c2cnc(-c3ccc(F)cc3)cc2CO)C1. The van der Waals surface area contributed by atoms with E-state index < -0.39 is 11.7 Å². The quantitative estimate of drug-likeness (QED) is 0.592. The lowest BCUT2D eigenvalue weighted by Crippen LogP contribution is -2.50. The first-order valence-electron chi connectivity index (χ1n) is 9.61. The summed E-state index contributed by atoms with van der Waals surface area (Å²) in [4.78, 5) is 22.5. The van der Waals surface area contributed by atoms with E-state index in [-0.39, 0.29) is 12.4 Å². The van der Waals surface area contributed by atoms with Gasteiger partial charge >= 0.3 is 6.09 Å². The summed E-state index contributed by atoms with van der Waals surface area (Å²) in [5, 5.41) is 11.8. The number of aliphatic hydroxyl groups is 1. The van der Waals surface area contributed by atoms with Gasteiger partial charge in [0.15, 0.2) is 10.1 Å². The molecule has 4 rings (SSSR count).